The van der Waals surface area contributed by atoms with E-state index in [1.807, 2.05) is 72.8 Å². The van der Waals surface area contributed by atoms with Crippen molar-refractivity contribution < 1.29 is 19.1 Å². The van der Waals surface area contributed by atoms with E-state index in [0.717, 1.165) is 16.3 Å². The molecule has 0 unspecified atom stereocenters. The van der Waals surface area contributed by atoms with Gasteiger partial charge in [0.15, 0.2) is 6.61 Å². The number of thioether (sulfide) groups is 1. The van der Waals surface area contributed by atoms with Gasteiger partial charge in [0.25, 0.3) is 11.8 Å². The van der Waals surface area contributed by atoms with E-state index in [1.165, 1.54) is 11.8 Å². The number of ether oxygens (including phenoxy) is 1. The second-order valence-electron chi connectivity index (χ2n) is 8.08. The Bertz CT molecular complexity index is 1320. The lowest BCUT2D eigenvalue weighted by Gasteiger charge is -2.18. The van der Waals surface area contributed by atoms with Crippen LogP contribution in [0, 0.1) is 0 Å². The van der Waals surface area contributed by atoms with Gasteiger partial charge in [0.1, 0.15) is 6.04 Å². The molecular formula is C29H26N2O4S. The van der Waals surface area contributed by atoms with Gasteiger partial charge in [-0.25, -0.2) is 4.79 Å². The molecular weight excluding hydrogens is 472 g/mol. The minimum Gasteiger partial charge on any atom is -0.454 e. The summed E-state index contributed by atoms with van der Waals surface area (Å²) in [6.45, 7) is -0.455. The molecule has 0 saturated carbocycles. The molecule has 182 valence electrons. The van der Waals surface area contributed by atoms with E-state index in [9.17, 15) is 14.4 Å². The maximum Gasteiger partial charge on any atom is 0.330 e. The number of esters is 1. The number of carbonyl (C=O) groups excluding carboxylic acids is 3. The lowest BCUT2D eigenvalue weighted by Crippen LogP contribution is -2.44. The Hall–Kier alpha value is -4.10. The molecule has 0 aliphatic carbocycles. The summed E-state index contributed by atoms with van der Waals surface area (Å²) in [5.74, 6) is -0.513. The second-order valence-corrected chi connectivity index (χ2v) is 9.11. The van der Waals surface area contributed by atoms with Gasteiger partial charge in [0.2, 0.25) is 0 Å². The molecule has 4 aromatic carbocycles. The minimum atomic E-state index is -0.906. The molecule has 0 spiro atoms. The Morgan fingerprint density at radius 3 is 2.22 bits per heavy atom. The lowest BCUT2D eigenvalue weighted by molar-refractivity contribution is -0.148. The molecule has 0 aliphatic heterocycles. The van der Waals surface area contributed by atoms with Gasteiger partial charge >= 0.3 is 5.97 Å². The average Bonchev–Trinajstić information content (AvgIpc) is 2.92. The number of amides is 2. The summed E-state index contributed by atoms with van der Waals surface area (Å²) in [5.41, 5.74) is 2.19. The molecule has 0 bridgehead atoms. The minimum absolute atomic E-state index is 0.303. The number of fused-ring (bicyclic) bond motifs is 1. The zero-order valence-electron chi connectivity index (χ0n) is 19.6. The van der Waals surface area contributed by atoms with Crippen molar-refractivity contribution in [1.29, 1.82) is 0 Å². The third kappa shape index (κ3) is 6.96. The predicted octanol–water partition coefficient (Wildman–Crippen LogP) is 5.05. The van der Waals surface area contributed by atoms with E-state index >= 15 is 0 Å². The van der Waals surface area contributed by atoms with Gasteiger partial charge in [-0.1, -0.05) is 84.9 Å². The Labute approximate surface area is 214 Å². The molecule has 36 heavy (non-hydrogen) atoms. The van der Waals surface area contributed by atoms with Crippen LogP contribution in [-0.4, -0.2) is 36.2 Å². The number of nitrogens with one attached hydrogen (secondary N) is 2. The molecule has 2 amide bonds. The third-order valence-corrected chi connectivity index (χ3v) is 6.54. The van der Waals surface area contributed by atoms with Crippen molar-refractivity contribution >= 4 is 46.0 Å². The van der Waals surface area contributed by atoms with Crippen molar-refractivity contribution in [3.63, 3.8) is 0 Å². The number of anilines is 1. The Morgan fingerprint density at radius 1 is 0.778 bits per heavy atom. The van der Waals surface area contributed by atoms with Crippen LogP contribution in [0.1, 0.15) is 15.9 Å². The summed E-state index contributed by atoms with van der Waals surface area (Å²) in [4.78, 5) is 38.1. The van der Waals surface area contributed by atoms with Gasteiger partial charge in [-0.2, -0.15) is 11.8 Å². The highest BCUT2D eigenvalue weighted by Gasteiger charge is 2.24. The van der Waals surface area contributed by atoms with Crippen LogP contribution in [0.3, 0.4) is 0 Å². The first-order valence-corrected chi connectivity index (χ1v) is 12.7. The normalized spacial score (nSPS) is 11.4. The number of hydrogen-bond acceptors (Lipinski definition) is 5. The molecule has 0 radical (unpaired) electrons. The Balaban J connectivity index is 1.37. The van der Waals surface area contributed by atoms with E-state index in [4.69, 9.17) is 4.74 Å². The smallest absolute Gasteiger partial charge is 0.330 e. The van der Waals surface area contributed by atoms with E-state index in [2.05, 4.69) is 10.6 Å². The van der Waals surface area contributed by atoms with Crippen molar-refractivity contribution in [2.24, 2.45) is 0 Å². The van der Waals surface area contributed by atoms with Gasteiger partial charge in [-0.15, -0.1) is 0 Å². The SMILES string of the molecule is O=C(COC(=O)[C@H](CSCc1ccccc1)NC(=O)c1ccccc1)Nc1cccc2ccccc12. The molecule has 0 aromatic heterocycles. The fourth-order valence-corrected chi connectivity index (χ4v) is 4.63. The van der Waals surface area contributed by atoms with E-state index in [0.29, 0.717) is 22.8 Å². The number of hydrogen-bond donors (Lipinski definition) is 2. The first-order chi connectivity index (χ1) is 17.6. The largest absolute Gasteiger partial charge is 0.454 e. The van der Waals surface area contributed by atoms with Gasteiger partial charge in [-0.05, 0) is 29.1 Å². The summed E-state index contributed by atoms with van der Waals surface area (Å²) < 4.78 is 5.31. The van der Waals surface area contributed by atoms with Crippen LogP contribution in [0.2, 0.25) is 0 Å². The summed E-state index contributed by atoms with van der Waals surface area (Å²) in [7, 11) is 0. The summed E-state index contributed by atoms with van der Waals surface area (Å²) >= 11 is 1.50. The van der Waals surface area contributed by atoms with Gasteiger partial charge in [0, 0.05) is 28.1 Å². The lowest BCUT2D eigenvalue weighted by atomic mass is 10.1. The van der Waals surface area contributed by atoms with Crippen LogP contribution >= 0.6 is 11.8 Å². The molecule has 4 rings (SSSR count). The third-order valence-electron chi connectivity index (χ3n) is 5.43. The van der Waals surface area contributed by atoms with Crippen LogP contribution in [-0.2, 0) is 20.1 Å². The summed E-state index contributed by atoms with van der Waals surface area (Å²) in [6, 6.07) is 30.9. The topological polar surface area (TPSA) is 84.5 Å². The van der Waals surface area contributed by atoms with E-state index in [1.54, 1.807) is 30.3 Å². The van der Waals surface area contributed by atoms with Crippen molar-refractivity contribution in [3.05, 3.63) is 114 Å². The molecule has 0 saturated heterocycles. The predicted molar refractivity (Wildman–Crippen MR) is 144 cm³/mol. The standard InChI is InChI=1S/C29H26N2O4S/c32-27(30-25-17-9-15-22-12-7-8-16-24(22)25)18-35-29(34)26(20-36-19-21-10-3-1-4-11-21)31-28(33)23-13-5-2-6-14-23/h1-17,26H,18-20H2,(H,30,32)(H,31,33)/t26-/m0/s1. The summed E-state index contributed by atoms with van der Waals surface area (Å²) in [6.07, 6.45) is 0. The van der Waals surface area contributed by atoms with E-state index < -0.39 is 24.5 Å². The fourth-order valence-electron chi connectivity index (χ4n) is 3.63. The van der Waals surface area contributed by atoms with E-state index in [-0.39, 0.29) is 5.91 Å². The molecule has 4 aromatic rings. The number of benzene rings is 4. The van der Waals surface area contributed by atoms with Gasteiger partial charge in [0.05, 0.1) is 0 Å². The van der Waals surface area contributed by atoms with Gasteiger partial charge in [-0.3, -0.25) is 9.59 Å². The zero-order valence-corrected chi connectivity index (χ0v) is 20.4. The average molecular weight is 499 g/mol. The Morgan fingerprint density at radius 2 is 1.44 bits per heavy atom. The summed E-state index contributed by atoms with van der Waals surface area (Å²) in [5, 5.41) is 7.44. The van der Waals surface area contributed by atoms with Crippen LogP contribution < -0.4 is 10.6 Å². The first-order valence-electron chi connectivity index (χ1n) is 11.5. The Kier molecular flexibility index (Phi) is 8.72. The molecule has 6 nitrogen and oxygen atoms in total. The molecule has 7 heteroatoms. The highest BCUT2D eigenvalue weighted by Crippen LogP contribution is 2.22. The molecule has 0 heterocycles. The van der Waals surface area contributed by atoms with Gasteiger partial charge < -0.3 is 15.4 Å². The molecule has 2 N–H and O–H groups in total. The van der Waals surface area contributed by atoms with Crippen molar-refractivity contribution in [1.82, 2.24) is 5.32 Å². The maximum absolute atomic E-state index is 12.9. The monoisotopic (exact) mass is 498 g/mol. The van der Waals surface area contributed by atoms with Crippen LogP contribution in [0.5, 0.6) is 0 Å². The molecule has 0 aliphatic rings. The molecule has 1 atom stereocenters. The second kappa shape index (κ2) is 12.6. The number of rotatable bonds is 10. The first kappa shape index (κ1) is 25.0. The van der Waals surface area contributed by atoms with Crippen molar-refractivity contribution in [2.45, 2.75) is 11.8 Å². The van der Waals surface area contributed by atoms with Crippen molar-refractivity contribution in [2.75, 3.05) is 17.7 Å². The quantitative estimate of drug-likeness (QED) is 0.299. The van der Waals surface area contributed by atoms with Crippen LogP contribution in [0.15, 0.2) is 103 Å². The molecule has 0 fully saturated rings. The highest BCUT2D eigenvalue weighted by atomic mass is 32.2. The maximum atomic E-state index is 12.9. The zero-order chi connectivity index (χ0) is 25.2. The van der Waals surface area contributed by atoms with Crippen molar-refractivity contribution in [3.8, 4) is 0 Å². The highest BCUT2D eigenvalue weighted by molar-refractivity contribution is 7.98. The van der Waals surface area contributed by atoms with Crippen LogP contribution in [0.25, 0.3) is 10.8 Å². The fraction of sp³-hybridized carbons (Fsp3) is 0.138. The number of carbonyl (C=O) groups is 3. The van der Waals surface area contributed by atoms with Crippen LogP contribution in [0.4, 0.5) is 5.69 Å².